The van der Waals surface area contributed by atoms with Crippen LogP contribution in [0.2, 0.25) is 0 Å². The number of hydrogen-bond donors (Lipinski definition) is 2. The lowest BCUT2D eigenvalue weighted by molar-refractivity contribution is -0.142. The molecule has 1 aromatic heterocycles. The molecule has 1 unspecified atom stereocenters. The standard InChI is InChI=1S/C11H15F3N2O2S/c1-6(4-11(12,13)14)15-9-16-7(5-19-9)10(2,3)8(17)18/h5-6H,4H2,1-3H3,(H,15,16)(H,17,18). The van der Waals surface area contributed by atoms with E-state index in [1.807, 2.05) is 0 Å². The van der Waals surface area contributed by atoms with Gasteiger partial charge in [-0.25, -0.2) is 4.98 Å². The highest BCUT2D eigenvalue weighted by atomic mass is 32.1. The molecular formula is C11H15F3N2O2S. The lowest BCUT2D eigenvalue weighted by atomic mass is 9.90. The van der Waals surface area contributed by atoms with E-state index in [0.29, 0.717) is 10.8 Å². The van der Waals surface area contributed by atoms with Crippen LogP contribution in [0.4, 0.5) is 18.3 Å². The SMILES string of the molecule is CC(CC(F)(F)F)Nc1nc(C(C)(C)C(=O)O)cs1. The molecule has 108 valence electrons. The smallest absolute Gasteiger partial charge is 0.391 e. The summed E-state index contributed by atoms with van der Waals surface area (Å²) in [6.45, 7) is 4.39. The van der Waals surface area contributed by atoms with Crippen LogP contribution in [-0.4, -0.2) is 28.3 Å². The first-order valence-corrected chi connectivity index (χ1v) is 6.43. The molecule has 0 spiro atoms. The van der Waals surface area contributed by atoms with Gasteiger partial charge in [0, 0.05) is 11.4 Å². The van der Waals surface area contributed by atoms with Crippen LogP contribution in [0.15, 0.2) is 5.38 Å². The minimum absolute atomic E-state index is 0.293. The van der Waals surface area contributed by atoms with Gasteiger partial charge in [-0.3, -0.25) is 4.79 Å². The van der Waals surface area contributed by atoms with Gasteiger partial charge in [-0.2, -0.15) is 13.2 Å². The van der Waals surface area contributed by atoms with E-state index in [0.717, 1.165) is 11.3 Å². The van der Waals surface area contributed by atoms with Crippen molar-refractivity contribution in [3.8, 4) is 0 Å². The summed E-state index contributed by atoms with van der Waals surface area (Å²) >= 11 is 1.10. The van der Waals surface area contributed by atoms with Crippen molar-refractivity contribution in [3.05, 3.63) is 11.1 Å². The minimum atomic E-state index is -4.24. The summed E-state index contributed by atoms with van der Waals surface area (Å²) in [5, 5.41) is 13.5. The Morgan fingerprint density at radius 1 is 1.53 bits per heavy atom. The van der Waals surface area contributed by atoms with Crippen LogP contribution in [0.5, 0.6) is 0 Å². The van der Waals surface area contributed by atoms with E-state index in [-0.39, 0.29) is 0 Å². The van der Waals surface area contributed by atoms with Crippen molar-refractivity contribution in [2.45, 2.75) is 44.8 Å². The highest BCUT2D eigenvalue weighted by molar-refractivity contribution is 7.13. The summed E-state index contributed by atoms with van der Waals surface area (Å²) in [5.74, 6) is -1.03. The molecular weight excluding hydrogens is 281 g/mol. The molecule has 19 heavy (non-hydrogen) atoms. The first-order chi connectivity index (χ1) is 8.52. The fourth-order valence-corrected chi connectivity index (χ4v) is 2.34. The highest BCUT2D eigenvalue weighted by Crippen LogP contribution is 2.29. The number of anilines is 1. The average Bonchev–Trinajstić information content (AvgIpc) is 2.62. The molecule has 1 aromatic rings. The molecule has 4 nitrogen and oxygen atoms in total. The molecule has 0 radical (unpaired) electrons. The van der Waals surface area contributed by atoms with E-state index >= 15 is 0 Å². The van der Waals surface area contributed by atoms with Crippen molar-refractivity contribution in [3.63, 3.8) is 0 Å². The Balaban J connectivity index is 2.73. The van der Waals surface area contributed by atoms with Crippen molar-refractivity contribution in [2.75, 3.05) is 5.32 Å². The minimum Gasteiger partial charge on any atom is -0.481 e. The third-order valence-electron chi connectivity index (χ3n) is 2.59. The molecule has 2 N–H and O–H groups in total. The van der Waals surface area contributed by atoms with E-state index in [9.17, 15) is 18.0 Å². The van der Waals surface area contributed by atoms with E-state index < -0.39 is 30.0 Å². The Bertz CT molecular complexity index is 457. The van der Waals surface area contributed by atoms with Crippen molar-refractivity contribution in [2.24, 2.45) is 0 Å². The van der Waals surface area contributed by atoms with Gasteiger partial charge >= 0.3 is 12.1 Å². The summed E-state index contributed by atoms with van der Waals surface area (Å²) in [6, 6.07) is -0.813. The van der Waals surface area contributed by atoms with Crippen molar-refractivity contribution < 1.29 is 23.1 Å². The monoisotopic (exact) mass is 296 g/mol. The number of halogens is 3. The molecule has 0 aromatic carbocycles. The number of rotatable bonds is 5. The molecule has 0 aliphatic carbocycles. The number of nitrogens with zero attached hydrogens (tertiary/aromatic N) is 1. The third-order valence-corrected chi connectivity index (χ3v) is 3.36. The van der Waals surface area contributed by atoms with Crippen LogP contribution >= 0.6 is 11.3 Å². The Labute approximate surface area is 112 Å². The fraction of sp³-hybridized carbons (Fsp3) is 0.636. The molecule has 0 bridgehead atoms. The van der Waals surface area contributed by atoms with Gasteiger partial charge in [0.1, 0.15) is 5.41 Å². The number of aromatic nitrogens is 1. The maximum atomic E-state index is 12.2. The van der Waals surface area contributed by atoms with Gasteiger partial charge in [-0.1, -0.05) is 0 Å². The van der Waals surface area contributed by atoms with Crippen LogP contribution in [0, 0.1) is 0 Å². The molecule has 1 heterocycles. The maximum Gasteiger partial charge on any atom is 0.391 e. The summed E-state index contributed by atoms with van der Waals surface area (Å²) in [6.07, 6.45) is -5.21. The summed E-state index contributed by atoms with van der Waals surface area (Å²) in [4.78, 5) is 15.1. The highest BCUT2D eigenvalue weighted by Gasteiger charge is 2.33. The molecule has 0 amide bonds. The van der Waals surface area contributed by atoms with Gasteiger partial charge in [0.2, 0.25) is 0 Å². The topological polar surface area (TPSA) is 62.2 Å². The van der Waals surface area contributed by atoms with E-state index in [1.165, 1.54) is 26.2 Å². The second-order valence-corrected chi connectivity index (χ2v) is 5.69. The lowest BCUT2D eigenvalue weighted by Gasteiger charge is -2.17. The van der Waals surface area contributed by atoms with Crippen molar-refractivity contribution >= 4 is 22.4 Å². The molecule has 8 heteroatoms. The summed E-state index contributed by atoms with van der Waals surface area (Å²) in [5.41, 5.74) is -0.837. The van der Waals surface area contributed by atoms with Gasteiger partial charge in [-0.15, -0.1) is 11.3 Å². The summed E-state index contributed by atoms with van der Waals surface area (Å²) in [7, 11) is 0. The first kappa shape index (κ1) is 15.7. The van der Waals surface area contributed by atoms with Gasteiger partial charge in [0.05, 0.1) is 12.1 Å². The molecule has 0 aliphatic rings. The zero-order valence-electron chi connectivity index (χ0n) is 10.7. The number of carbonyl (C=O) groups is 1. The normalized spacial score (nSPS) is 14.2. The van der Waals surface area contributed by atoms with Gasteiger partial charge in [-0.05, 0) is 20.8 Å². The Morgan fingerprint density at radius 2 is 2.11 bits per heavy atom. The molecule has 0 fully saturated rings. The second kappa shape index (κ2) is 5.36. The Hall–Kier alpha value is -1.31. The van der Waals surface area contributed by atoms with E-state index in [2.05, 4.69) is 10.3 Å². The number of thiazole rings is 1. The van der Waals surface area contributed by atoms with Crippen LogP contribution in [0.1, 0.15) is 32.9 Å². The van der Waals surface area contributed by atoms with Crippen LogP contribution in [-0.2, 0) is 10.2 Å². The predicted octanol–water partition coefficient (Wildman–Crippen LogP) is 3.26. The maximum absolute atomic E-state index is 12.2. The van der Waals surface area contributed by atoms with Gasteiger partial charge in [0.15, 0.2) is 5.13 Å². The number of nitrogens with one attached hydrogen (secondary N) is 1. The number of aliphatic carboxylic acids is 1. The Morgan fingerprint density at radius 3 is 2.58 bits per heavy atom. The number of carboxylic acid groups (broad SMARTS) is 1. The molecule has 0 saturated carbocycles. The third kappa shape index (κ3) is 4.38. The molecule has 1 rings (SSSR count). The number of carboxylic acids is 1. The fourth-order valence-electron chi connectivity index (χ4n) is 1.35. The largest absolute Gasteiger partial charge is 0.481 e. The zero-order chi connectivity index (χ0) is 14.8. The van der Waals surface area contributed by atoms with Crippen molar-refractivity contribution in [1.82, 2.24) is 4.98 Å². The number of alkyl halides is 3. The van der Waals surface area contributed by atoms with E-state index in [1.54, 1.807) is 0 Å². The average molecular weight is 296 g/mol. The molecule has 0 saturated heterocycles. The predicted molar refractivity (Wildman–Crippen MR) is 66.5 cm³/mol. The Kier molecular flexibility index (Phi) is 4.44. The molecule has 1 atom stereocenters. The van der Waals surface area contributed by atoms with Crippen molar-refractivity contribution in [1.29, 1.82) is 0 Å². The van der Waals surface area contributed by atoms with Crippen LogP contribution in [0.3, 0.4) is 0 Å². The second-order valence-electron chi connectivity index (χ2n) is 4.83. The number of hydrogen-bond acceptors (Lipinski definition) is 4. The first-order valence-electron chi connectivity index (χ1n) is 5.55. The van der Waals surface area contributed by atoms with E-state index in [4.69, 9.17) is 5.11 Å². The van der Waals surface area contributed by atoms with Crippen LogP contribution < -0.4 is 5.32 Å². The lowest BCUT2D eigenvalue weighted by Crippen LogP contribution is -2.29. The summed E-state index contributed by atoms with van der Waals surface area (Å²) < 4.78 is 36.5. The molecule has 0 aliphatic heterocycles. The zero-order valence-corrected chi connectivity index (χ0v) is 11.5. The quantitative estimate of drug-likeness (QED) is 0.875. The van der Waals surface area contributed by atoms with Crippen LogP contribution in [0.25, 0.3) is 0 Å². The van der Waals surface area contributed by atoms with Gasteiger partial charge < -0.3 is 10.4 Å². The van der Waals surface area contributed by atoms with Gasteiger partial charge in [0.25, 0.3) is 0 Å².